The van der Waals surface area contributed by atoms with E-state index in [4.69, 9.17) is 0 Å². The molecular weight excluding hydrogens is 308 g/mol. The first-order valence-electron chi connectivity index (χ1n) is 7.96. The summed E-state index contributed by atoms with van der Waals surface area (Å²) in [5, 5.41) is 12.7. The highest BCUT2D eigenvalue weighted by molar-refractivity contribution is 7.09. The Balaban J connectivity index is 1.61. The van der Waals surface area contributed by atoms with Crippen LogP contribution in [0.5, 0.6) is 0 Å². The Hall–Kier alpha value is -1.72. The van der Waals surface area contributed by atoms with Crippen molar-refractivity contribution in [1.82, 2.24) is 9.88 Å². The topological polar surface area (TPSA) is 53.4 Å². The quantitative estimate of drug-likeness (QED) is 0.886. The van der Waals surface area contributed by atoms with Crippen LogP contribution in [0.2, 0.25) is 0 Å². The Morgan fingerprint density at radius 2 is 2.09 bits per heavy atom. The third kappa shape index (κ3) is 4.18. The normalized spacial score (nSPS) is 15.4. The van der Waals surface area contributed by atoms with Crippen LogP contribution < -0.4 is 0 Å². The lowest BCUT2D eigenvalue weighted by atomic mass is 10.1. The summed E-state index contributed by atoms with van der Waals surface area (Å²) >= 11 is 1.51. The van der Waals surface area contributed by atoms with Gasteiger partial charge in [-0.15, -0.1) is 11.3 Å². The molecule has 5 heteroatoms. The van der Waals surface area contributed by atoms with Crippen molar-refractivity contribution < 1.29 is 9.90 Å². The molecule has 1 fully saturated rings. The molecule has 1 aliphatic carbocycles. The van der Waals surface area contributed by atoms with E-state index in [-0.39, 0.29) is 5.91 Å². The van der Waals surface area contributed by atoms with Gasteiger partial charge >= 0.3 is 0 Å². The van der Waals surface area contributed by atoms with Crippen LogP contribution in [0, 0.1) is 12.8 Å². The minimum atomic E-state index is -0.408. The summed E-state index contributed by atoms with van der Waals surface area (Å²) in [5.41, 5.74) is 2.91. The van der Waals surface area contributed by atoms with Crippen molar-refractivity contribution in [3.8, 4) is 0 Å². The van der Waals surface area contributed by atoms with E-state index in [9.17, 15) is 9.90 Å². The van der Waals surface area contributed by atoms with E-state index in [1.165, 1.54) is 22.5 Å². The molecule has 0 saturated heterocycles. The molecule has 1 aromatic heterocycles. The van der Waals surface area contributed by atoms with Crippen LogP contribution in [0.3, 0.4) is 0 Å². The monoisotopic (exact) mass is 330 g/mol. The number of hydrogen-bond acceptors (Lipinski definition) is 4. The van der Waals surface area contributed by atoms with Gasteiger partial charge in [0.25, 0.3) is 5.91 Å². The molecule has 1 saturated carbocycles. The Bertz CT molecular complexity index is 677. The maximum atomic E-state index is 12.4. The molecule has 1 unspecified atom stereocenters. The number of rotatable bonds is 6. The molecular formula is C18H22N2O2S. The zero-order chi connectivity index (χ0) is 16.4. The van der Waals surface area contributed by atoms with Crippen LogP contribution in [0.15, 0.2) is 29.6 Å². The maximum Gasteiger partial charge on any atom is 0.273 e. The number of thiazole rings is 1. The van der Waals surface area contributed by atoms with Gasteiger partial charge in [-0.1, -0.05) is 29.8 Å². The standard InChI is InChI=1S/C18H22N2O2S/c1-12-3-5-13(6-4-12)9-17-19-15(11-23-17)18(22)20(2)10-16(21)14-7-8-14/h3-6,11,14,16,21H,7-10H2,1-2H3. The fourth-order valence-corrected chi connectivity index (χ4v) is 3.36. The predicted octanol–water partition coefficient (Wildman–Crippen LogP) is 2.89. The summed E-state index contributed by atoms with van der Waals surface area (Å²) in [7, 11) is 1.73. The van der Waals surface area contributed by atoms with Crippen LogP contribution in [-0.2, 0) is 6.42 Å². The van der Waals surface area contributed by atoms with E-state index < -0.39 is 6.10 Å². The van der Waals surface area contributed by atoms with Crippen molar-refractivity contribution in [2.45, 2.75) is 32.3 Å². The molecule has 0 bridgehead atoms. The highest BCUT2D eigenvalue weighted by Crippen LogP contribution is 2.32. The molecule has 0 spiro atoms. The third-order valence-corrected chi connectivity index (χ3v) is 5.07. The largest absolute Gasteiger partial charge is 0.391 e. The van der Waals surface area contributed by atoms with Gasteiger partial charge in [0.05, 0.1) is 11.1 Å². The Kier molecular flexibility index (Phi) is 4.78. The number of aryl methyl sites for hydroxylation is 1. The van der Waals surface area contributed by atoms with Crippen LogP contribution in [-0.4, -0.2) is 40.6 Å². The first-order valence-corrected chi connectivity index (χ1v) is 8.84. The maximum absolute atomic E-state index is 12.4. The van der Waals surface area contributed by atoms with Crippen LogP contribution in [0.4, 0.5) is 0 Å². The minimum absolute atomic E-state index is 0.115. The van der Waals surface area contributed by atoms with Gasteiger partial charge in [-0.25, -0.2) is 4.98 Å². The molecule has 1 aliphatic rings. The van der Waals surface area contributed by atoms with Gasteiger partial charge < -0.3 is 10.0 Å². The van der Waals surface area contributed by atoms with Gasteiger partial charge in [0.1, 0.15) is 5.69 Å². The molecule has 1 heterocycles. The summed E-state index contributed by atoms with van der Waals surface area (Å²) in [4.78, 5) is 18.4. The number of benzene rings is 1. The molecule has 1 aromatic carbocycles. The van der Waals surface area contributed by atoms with Gasteiger partial charge in [0, 0.05) is 25.4 Å². The van der Waals surface area contributed by atoms with Gasteiger partial charge in [0.15, 0.2) is 0 Å². The second kappa shape index (κ2) is 6.81. The smallest absolute Gasteiger partial charge is 0.273 e. The highest BCUT2D eigenvalue weighted by atomic mass is 32.1. The number of aliphatic hydroxyl groups is 1. The summed E-state index contributed by atoms with van der Waals surface area (Å²) in [6.45, 7) is 2.45. The minimum Gasteiger partial charge on any atom is -0.391 e. The van der Waals surface area contributed by atoms with Gasteiger partial charge in [-0.3, -0.25) is 4.79 Å². The number of carbonyl (C=O) groups is 1. The first-order chi connectivity index (χ1) is 11.0. The Morgan fingerprint density at radius 3 is 2.74 bits per heavy atom. The number of carbonyl (C=O) groups excluding carboxylic acids is 1. The van der Waals surface area contributed by atoms with Crippen molar-refractivity contribution in [2.24, 2.45) is 5.92 Å². The first kappa shape index (κ1) is 16.1. The summed E-state index contributed by atoms with van der Waals surface area (Å²) in [5.74, 6) is 0.258. The van der Waals surface area contributed by atoms with Gasteiger partial charge in [0.2, 0.25) is 0 Å². The molecule has 1 amide bonds. The van der Waals surface area contributed by atoms with Crippen LogP contribution >= 0.6 is 11.3 Å². The summed E-state index contributed by atoms with van der Waals surface area (Å²) < 4.78 is 0. The van der Waals surface area contributed by atoms with Crippen LogP contribution in [0.25, 0.3) is 0 Å². The average molecular weight is 330 g/mol. The zero-order valence-electron chi connectivity index (χ0n) is 13.5. The van der Waals surface area contributed by atoms with E-state index in [1.54, 1.807) is 11.9 Å². The summed E-state index contributed by atoms with van der Waals surface area (Å²) in [6.07, 6.45) is 2.48. The fourth-order valence-electron chi connectivity index (χ4n) is 2.56. The average Bonchev–Trinajstić information content (AvgIpc) is 3.29. The lowest BCUT2D eigenvalue weighted by Gasteiger charge is -2.19. The highest BCUT2D eigenvalue weighted by Gasteiger charge is 2.31. The second-order valence-corrected chi connectivity index (χ2v) is 7.32. The molecule has 1 atom stereocenters. The summed E-state index contributed by atoms with van der Waals surface area (Å²) in [6, 6.07) is 8.36. The number of hydrogen-bond donors (Lipinski definition) is 1. The number of likely N-dealkylation sites (N-methyl/N-ethyl adjacent to an activating group) is 1. The molecule has 4 nitrogen and oxygen atoms in total. The SMILES string of the molecule is Cc1ccc(Cc2nc(C(=O)N(C)CC(O)C3CC3)cs2)cc1. The fraction of sp³-hybridized carbons (Fsp3) is 0.444. The van der Waals surface area contributed by atoms with Crippen molar-refractivity contribution in [3.63, 3.8) is 0 Å². The van der Waals surface area contributed by atoms with Crippen molar-refractivity contribution in [1.29, 1.82) is 0 Å². The number of nitrogens with zero attached hydrogens (tertiary/aromatic N) is 2. The Morgan fingerprint density at radius 1 is 1.39 bits per heavy atom. The lowest BCUT2D eigenvalue weighted by Crippen LogP contribution is -2.35. The zero-order valence-corrected chi connectivity index (χ0v) is 14.3. The third-order valence-electron chi connectivity index (χ3n) is 4.22. The van der Waals surface area contributed by atoms with E-state index in [0.29, 0.717) is 18.2 Å². The lowest BCUT2D eigenvalue weighted by molar-refractivity contribution is 0.0641. The predicted molar refractivity (Wildman–Crippen MR) is 91.8 cm³/mol. The molecule has 1 N–H and O–H groups in total. The van der Waals surface area contributed by atoms with E-state index >= 15 is 0 Å². The van der Waals surface area contributed by atoms with Gasteiger partial charge in [-0.05, 0) is 31.2 Å². The second-order valence-electron chi connectivity index (χ2n) is 6.38. The molecule has 122 valence electrons. The van der Waals surface area contributed by atoms with Gasteiger partial charge in [-0.2, -0.15) is 0 Å². The number of aliphatic hydroxyl groups excluding tert-OH is 1. The number of aromatic nitrogens is 1. The van der Waals surface area contributed by atoms with E-state index in [1.807, 2.05) is 5.38 Å². The number of amides is 1. The van der Waals surface area contributed by atoms with E-state index in [0.717, 1.165) is 24.3 Å². The van der Waals surface area contributed by atoms with Crippen molar-refractivity contribution in [3.05, 3.63) is 51.5 Å². The molecule has 23 heavy (non-hydrogen) atoms. The molecule has 0 radical (unpaired) electrons. The van der Waals surface area contributed by atoms with Crippen molar-refractivity contribution >= 4 is 17.2 Å². The molecule has 0 aliphatic heterocycles. The van der Waals surface area contributed by atoms with Crippen LogP contribution in [0.1, 0.15) is 39.5 Å². The molecule has 3 rings (SSSR count). The molecule has 2 aromatic rings. The van der Waals surface area contributed by atoms with E-state index in [2.05, 4.69) is 36.2 Å². The Labute approximate surface area is 140 Å². The van der Waals surface area contributed by atoms with Crippen molar-refractivity contribution in [2.75, 3.05) is 13.6 Å².